The Morgan fingerprint density at radius 2 is 2.00 bits per heavy atom. The summed E-state index contributed by atoms with van der Waals surface area (Å²) in [6.45, 7) is 9.05. The molecule has 0 radical (unpaired) electrons. The predicted molar refractivity (Wildman–Crippen MR) is 84.3 cm³/mol. The van der Waals surface area contributed by atoms with E-state index in [-0.39, 0.29) is 16.8 Å². The van der Waals surface area contributed by atoms with E-state index in [9.17, 15) is 14.7 Å². The lowest BCUT2D eigenvalue weighted by Crippen LogP contribution is -2.52. The number of amides is 2. The summed E-state index contributed by atoms with van der Waals surface area (Å²) in [4.78, 5) is 25.5. The van der Waals surface area contributed by atoms with E-state index in [1.165, 1.54) is 0 Å². The molecule has 120 valence electrons. The minimum absolute atomic E-state index is 0.00365. The highest BCUT2D eigenvalue weighted by molar-refractivity contribution is 8.00. The minimum Gasteiger partial charge on any atom is -0.480 e. The molecule has 6 heteroatoms. The fourth-order valence-electron chi connectivity index (χ4n) is 2.32. The van der Waals surface area contributed by atoms with E-state index in [4.69, 9.17) is 0 Å². The third-order valence-corrected chi connectivity index (χ3v) is 6.30. The molecule has 2 N–H and O–H groups in total. The van der Waals surface area contributed by atoms with Crippen molar-refractivity contribution in [2.75, 3.05) is 12.3 Å². The molecule has 1 saturated heterocycles. The van der Waals surface area contributed by atoms with Gasteiger partial charge in [0.2, 0.25) is 0 Å². The molecule has 0 aromatic heterocycles. The molecule has 1 saturated carbocycles. The molecule has 0 aromatic carbocycles. The molecular formula is C15H26N2O3S. The maximum Gasteiger partial charge on any atom is 0.327 e. The fraction of sp³-hybridized carbons (Fsp3) is 0.867. The quantitative estimate of drug-likeness (QED) is 0.818. The molecule has 0 spiro atoms. The van der Waals surface area contributed by atoms with Crippen molar-refractivity contribution in [1.82, 2.24) is 10.2 Å². The highest BCUT2D eigenvalue weighted by Gasteiger charge is 2.48. The van der Waals surface area contributed by atoms with Crippen LogP contribution in [0, 0.1) is 17.3 Å². The number of hydrogen-bond donors (Lipinski definition) is 2. The number of thioether (sulfide) groups is 1. The van der Waals surface area contributed by atoms with E-state index < -0.39 is 12.0 Å². The van der Waals surface area contributed by atoms with Gasteiger partial charge in [0, 0.05) is 12.3 Å². The number of aliphatic carboxylic acids is 1. The van der Waals surface area contributed by atoms with Crippen LogP contribution >= 0.6 is 11.8 Å². The largest absolute Gasteiger partial charge is 0.480 e. The van der Waals surface area contributed by atoms with E-state index in [0.29, 0.717) is 24.1 Å². The summed E-state index contributed by atoms with van der Waals surface area (Å²) in [6, 6.07) is -0.916. The smallest absolute Gasteiger partial charge is 0.327 e. The van der Waals surface area contributed by atoms with Gasteiger partial charge in [0.1, 0.15) is 6.04 Å². The monoisotopic (exact) mass is 314 g/mol. The molecule has 1 aliphatic carbocycles. The van der Waals surface area contributed by atoms with Crippen molar-refractivity contribution in [3.8, 4) is 0 Å². The lowest BCUT2D eigenvalue weighted by molar-refractivity contribution is -0.141. The molecule has 2 fully saturated rings. The van der Waals surface area contributed by atoms with Gasteiger partial charge in [-0.15, -0.1) is 11.8 Å². The Bertz CT molecular complexity index is 421. The maximum absolute atomic E-state index is 12.5. The van der Waals surface area contributed by atoms with Crippen molar-refractivity contribution in [2.24, 2.45) is 17.3 Å². The van der Waals surface area contributed by atoms with Gasteiger partial charge >= 0.3 is 12.0 Å². The molecule has 2 unspecified atom stereocenters. The maximum atomic E-state index is 12.5. The van der Waals surface area contributed by atoms with Crippen LogP contribution in [0.3, 0.4) is 0 Å². The average molecular weight is 314 g/mol. The third kappa shape index (κ3) is 3.65. The van der Waals surface area contributed by atoms with E-state index in [1.54, 1.807) is 16.7 Å². The first-order valence-electron chi connectivity index (χ1n) is 7.64. The summed E-state index contributed by atoms with van der Waals surface area (Å²) in [5, 5.41) is 12.3. The predicted octanol–water partition coefficient (Wildman–Crippen LogP) is 2.62. The summed E-state index contributed by atoms with van der Waals surface area (Å²) < 4.78 is 0. The third-order valence-electron chi connectivity index (χ3n) is 4.84. The first kappa shape index (κ1) is 16.5. The highest BCUT2D eigenvalue weighted by Crippen LogP contribution is 2.45. The van der Waals surface area contributed by atoms with Crippen molar-refractivity contribution in [1.29, 1.82) is 0 Å². The first-order valence-corrected chi connectivity index (χ1v) is 8.69. The lowest BCUT2D eigenvalue weighted by Gasteiger charge is -2.32. The Balaban J connectivity index is 2.02. The Morgan fingerprint density at radius 3 is 2.48 bits per heavy atom. The number of carboxylic acid groups (broad SMARTS) is 1. The Hall–Kier alpha value is -0.910. The number of nitrogens with zero attached hydrogens (tertiary/aromatic N) is 1. The standard InChI is InChI=1S/C15H26N2O3S/c1-9(2)15(3,4)8-16-14(20)17-11(13(18)19)7-21-12(17)10-5-6-10/h9-12H,5-8H2,1-4H3,(H,16,20)(H,18,19). The number of hydrogen-bond acceptors (Lipinski definition) is 3. The summed E-state index contributed by atoms with van der Waals surface area (Å²) in [7, 11) is 0. The fourth-order valence-corrected chi connectivity index (χ4v) is 3.95. The molecule has 2 rings (SSSR count). The summed E-state index contributed by atoms with van der Waals surface area (Å²) in [6.07, 6.45) is 2.20. The molecule has 21 heavy (non-hydrogen) atoms. The van der Waals surface area contributed by atoms with Gasteiger partial charge in [-0.25, -0.2) is 9.59 Å². The zero-order valence-corrected chi connectivity index (χ0v) is 14.1. The van der Waals surface area contributed by atoms with Gasteiger partial charge in [-0.05, 0) is 30.1 Å². The van der Waals surface area contributed by atoms with Gasteiger partial charge in [-0.2, -0.15) is 0 Å². The second-order valence-corrected chi connectivity index (χ2v) is 8.27. The van der Waals surface area contributed by atoms with E-state index in [1.807, 2.05) is 0 Å². The van der Waals surface area contributed by atoms with Crippen molar-refractivity contribution in [3.05, 3.63) is 0 Å². The summed E-state index contributed by atoms with van der Waals surface area (Å²) in [5.74, 6) is 0.518. The van der Waals surface area contributed by atoms with Crippen LogP contribution in [-0.2, 0) is 4.79 Å². The van der Waals surface area contributed by atoms with Crippen molar-refractivity contribution in [3.63, 3.8) is 0 Å². The summed E-state index contributed by atoms with van der Waals surface area (Å²) >= 11 is 1.61. The van der Waals surface area contributed by atoms with Crippen LogP contribution in [0.2, 0.25) is 0 Å². The summed E-state index contributed by atoms with van der Waals surface area (Å²) in [5.41, 5.74) is -0.00365. The second kappa shape index (κ2) is 6.07. The topological polar surface area (TPSA) is 69.6 Å². The van der Waals surface area contributed by atoms with E-state index in [0.717, 1.165) is 12.8 Å². The van der Waals surface area contributed by atoms with Crippen molar-refractivity contribution >= 4 is 23.8 Å². The molecule has 5 nitrogen and oxygen atoms in total. The second-order valence-electron chi connectivity index (χ2n) is 7.12. The van der Waals surface area contributed by atoms with Crippen LogP contribution in [-0.4, -0.2) is 45.7 Å². The van der Waals surface area contributed by atoms with Crippen molar-refractivity contribution < 1.29 is 14.7 Å². The number of rotatable bonds is 5. The first-order chi connectivity index (χ1) is 9.74. The van der Waals surface area contributed by atoms with E-state index in [2.05, 4.69) is 33.0 Å². The Kier molecular flexibility index (Phi) is 4.76. The average Bonchev–Trinajstić information content (AvgIpc) is 3.14. The molecule has 1 heterocycles. The molecule has 2 aliphatic rings. The molecular weight excluding hydrogens is 288 g/mol. The van der Waals surface area contributed by atoms with Gasteiger partial charge in [-0.1, -0.05) is 27.7 Å². The van der Waals surface area contributed by atoms with Gasteiger partial charge in [0.25, 0.3) is 0 Å². The molecule has 1 aliphatic heterocycles. The van der Waals surface area contributed by atoms with Crippen LogP contribution < -0.4 is 5.32 Å². The van der Waals surface area contributed by atoms with E-state index >= 15 is 0 Å². The molecule has 0 bridgehead atoms. The van der Waals surface area contributed by atoms with Crippen LogP contribution in [0.15, 0.2) is 0 Å². The van der Waals surface area contributed by atoms with Crippen LogP contribution in [0.5, 0.6) is 0 Å². The van der Waals surface area contributed by atoms with Crippen LogP contribution in [0.4, 0.5) is 4.79 Å². The number of carboxylic acids is 1. The number of urea groups is 1. The Labute approximate surface area is 130 Å². The normalized spacial score (nSPS) is 26.2. The van der Waals surface area contributed by atoms with Crippen LogP contribution in [0.25, 0.3) is 0 Å². The number of carbonyl (C=O) groups is 2. The number of nitrogens with one attached hydrogen (secondary N) is 1. The van der Waals surface area contributed by atoms with Crippen molar-refractivity contribution in [2.45, 2.75) is 52.0 Å². The highest BCUT2D eigenvalue weighted by atomic mass is 32.2. The number of carbonyl (C=O) groups excluding carboxylic acids is 1. The zero-order chi connectivity index (χ0) is 15.8. The zero-order valence-electron chi connectivity index (χ0n) is 13.3. The molecule has 2 atom stereocenters. The van der Waals surface area contributed by atoms with Gasteiger partial charge in [0.15, 0.2) is 0 Å². The minimum atomic E-state index is -0.899. The van der Waals surface area contributed by atoms with Gasteiger partial charge < -0.3 is 10.4 Å². The molecule has 0 aromatic rings. The van der Waals surface area contributed by atoms with Gasteiger partial charge in [0.05, 0.1) is 5.37 Å². The Morgan fingerprint density at radius 1 is 1.38 bits per heavy atom. The van der Waals surface area contributed by atoms with Crippen LogP contribution in [0.1, 0.15) is 40.5 Å². The SMILES string of the molecule is CC(C)C(C)(C)CNC(=O)N1C(C(=O)O)CSC1C1CC1. The lowest BCUT2D eigenvalue weighted by atomic mass is 9.81. The molecule has 2 amide bonds. The van der Waals surface area contributed by atoms with Gasteiger partial charge in [-0.3, -0.25) is 4.90 Å².